The van der Waals surface area contributed by atoms with E-state index in [1.54, 1.807) is 4.90 Å². The van der Waals surface area contributed by atoms with E-state index in [1.807, 2.05) is 32.9 Å². The molecule has 0 aliphatic carbocycles. The van der Waals surface area contributed by atoms with Crippen molar-refractivity contribution in [2.24, 2.45) is 0 Å². The van der Waals surface area contributed by atoms with Crippen LogP contribution in [0.15, 0.2) is 12.1 Å². The lowest BCUT2D eigenvalue weighted by Gasteiger charge is -2.29. The van der Waals surface area contributed by atoms with E-state index < -0.39 is 6.10 Å². The number of amides is 1. The molecule has 2 aliphatic rings. The molecule has 1 amide bonds. The Labute approximate surface area is 130 Å². The summed E-state index contributed by atoms with van der Waals surface area (Å²) in [5.74, 6) is 1.05. The quantitative estimate of drug-likeness (QED) is 0.909. The van der Waals surface area contributed by atoms with Gasteiger partial charge in [0, 0.05) is 19.0 Å². The lowest BCUT2D eigenvalue weighted by Crippen LogP contribution is -2.39. The fraction of sp³-hybridized carbons (Fsp3) is 0.588. The fourth-order valence-electron chi connectivity index (χ4n) is 3.26. The van der Waals surface area contributed by atoms with Crippen LogP contribution in [0, 0.1) is 6.92 Å². The average Bonchev–Trinajstić information content (AvgIpc) is 2.76. The van der Waals surface area contributed by atoms with Gasteiger partial charge in [-0.25, -0.2) is 0 Å². The molecule has 0 spiro atoms. The first-order valence-corrected chi connectivity index (χ1v) is 7.89. The van der Waals surface area contributed by atoms with Crippen molar-refractivity contribution in [1.82, 2.24) is 4.90 Å². The van der Waals surface area contributed by atoms with Crippen molar-refractivity contribution >= 4 is 5.91 Å². The van der Waals surface area contributed by atoms with Crippen LogP contribution in [0.3, 0.4) is 0 Å². The molecule has 1 N–H and O–H groups in total. The maximum atomic E-state index is 13.0. The molecule has 1 aromatic carbocycles. The first-order valence-electron chi connectivity index (χ1n) is 7.89. The van der Waals surface area contributed by atoms with Crippen LogP contribution in [0.1, 0.15) is 42.6 Å². The second-order valence-electron chi connectivity index (χ2n) is 6.44. The number of carbonyl (C=O) groups excluding carboxylic acids is 1. The van der Waals surface area contributed by atoms with Crippen LogP contribution in [-0.2, 0) is 0 Å². The second-order valence-corrected chi connectivity index (χ2v) is 6.44. The van der Waals surface area contributed by atoms with Crippen molar-refractivity contribution in [3.63, 3.8) is 0 Å². The summed E-state index contributed by atoms with van der Waals surface area (Å²) >= 11 is 0. The maximum Gasteiger partial charge on any atom is 0.261 e. The Morgan fingerprint density at radius 3 is 2.91 bits per heavy atom. The molecule has 0 bridgehead atoms. The summed E-state index contributed by atoms with van der Waals surface area (Å²) in [7, 11) is 0. The lowest BCUT2D eigenvalue weighted by molar-refractivity contribution is 0.0670. The zero-order valence-electron chi connectivity index (χ0n) is 13.3. The Bertz CT molecular complexity index is 584. The largest absolute Gasteiger partial charge is 0.493 e. The zero-order valence-corrected chi connectivity index (χ0v) is 13.3. The van der Waals surface area contributed by atoms with Crippen LogP contribution in [0.5, 0.6) is 11.5 Å². The van der Waals surface area contributed by atoms with Gasteiger partial charge in [-0.1, -0.05) is 0 Å². The Balaban J connectivity index is 2.06. The molecule has 22 heavy (non-hydrogen) atoms. The van der Waals surface area contributed by atoms with Gasteiger partial charge in [0.2, 0.25) is 0 Å². The van der Waals surface area contributed by atoms with E-state index >= 15 is 0 Å². The molecule has 5 nitrogen and oxygen atoms in total. The van der Waals surface area contributed by atoms with E-state index in [-0.39, 0.29) is 18.1 Å². The van der Waals surface area contributed by atoms with Gasteiger partial charge in [-0.2, -0.15) is 0 Å². The molecule has 1 fully saturated rings. The SMILES string of the molecule is Cc1cc2c(c(OC(C)C)c1)C(=O)N1C[C@@H](O)C[C@@H]1CCO2. The highest BCUT2D eigenvalue weighted by Gasteiger charge is 2.38. The Kier molecular flexibility index (Phi) is 4.00. The number of benzene rings is 1. The third-order valence-electron chi connectivity index (χ3n) is 4.15. The first-order chi connectivity index (χ1) is 10.5. The second kappa shape index (κ2) is 5.80. The minimum atomic E-state index is -0.449. The van der Waals surface area contributed by atoms with E-state index in [1.165, 1.54) is 0 Å². The van der Waals surface area contributed by atoms with E-state index in [4.69, 9.17) is 9.47 Å². The summed E-state index contributed by atoms with van der Waals surface area (Å²) in [6.45, 7) is 6.76. The normalized spacial score (nSPS) is 24.4. The van der Waals surface area contributed by atoms with Crippen molar-refractivity contribution in [2.45, 2.75) is 51.9 Å². The van der Waals surface area contributed by atoms with Crippen LogP contribution in [0.2, 0.25) is 0 Å². The smallest absolute Gasteiger partial charge is 0.261 e. The number of hydrogen-bond acceptors (Lipinski definition) is 4. The Hall–Kier alpha value is -1.75. The van der Waals surface area contributed by atoms with Crippen LogP contribution >= 0.6 is 0 Å². The summed E-state index contributed by atoms with van der Waals surface area (Å²) in [5.41, 5.74) is 1.49. The number of nitrogens with zero attached hydrogens (tertiary/aromatic N) is 1. The monoisotopic (exact) mass is 305 g/mol. The van der Waals surface area contributed by atoms with Crippen molar-refractivity contribution in [3.8, 4) is 11.5 Å². The van der Waals surface area contributed by atoms with E-state index in [0.29, 0.717) is 36.6 Å². The van der Waals surface area contributed by atoms with Gasteiger partial charge in [0.05, 0.1) is 18.8 Å². The standard InChI is InChI=1S/C17H23NO4/c1-10(2)22-15-7-11(3)6-14-16(15)17(20)18-9-13(19)8-12(18)4-5-21-14/h6-7,10,12-13,19H,4-5,8-9H2,1-3H3/t12-,13-/m0/s1. The number of aryl methyl sites for hydroxylation is 1. The van der Waals surface area contributed by atoms with Gasteiger partial charge < -0.3 is 19.5 Å². The predicted octanol–water partition coefficient (Wildman–Crippen LogP) is 2.14. The molecule has 2 atom stereocenters. The number of hydrogen-bond donors (Lipinski definition) is 1. The number of fused-ring (bicyclic) bond motifs is 2. The fourth-order valence-corrected chi connectivity index (χ4v) is 3.26. The first kappa shape index (κ1) is 15.2. The topological polar surface area (TPSA) is 59.0 Å². The number of ether oxygens (including phenoxy) is 2. The number of rotatable bonds is 2. The number of aliphatic hydroxyl groups excluding tert-OH is 1. The summed E-state index contributed by atoms with van der Waals surface area (Å²) < 4.78 is 11.7. The summed E-state index contributed by atoms with van der Waals surface area (Å²) in [6.07, 6.45) is 0.896. The summed E-state index contributed by atoms with van der Waals surface area (Å²) in [4.78, 5) is 14.8. The Morgan fingerprint density at radius 2 is 2.18 bits per heavy atom. The Morgan fingerprint density at radius 1 is 1.41 bits per heavy atom. The molecule has 1 aromatic rings. The van der Waals surface area contributed by atoms with Crippen LogP contribution in [-0.4, -0.2) is 47.3 Å². The molecule has 120 valence electrons. The van der Waals surface area contributed by atoms with Crippen molar-refractivity contribution in [2.75, 3.05) is 13.2 Å². The zero-order chi connectivity index (χ0) is 15.9. The highest BCUT2D eigenvalue weighted by atomic mass is 16.5. The van der Waals surface area contributed by atoms with Crippen LogP contribution in [0.4, 0.5) is 0 Å². The van der Waals surface area contributed by atoms with Gasteiger partial charge in [0.15, 0.2) is 0 Å². The van der Waals surface area contributed by atoms with Gasteiger partial charge in [0.25, 0.3) is 5.91 Å². The van der Waals surface area contributed by atoms with Gasteiger partial charge in [0.1, 0.15) is 17.1 Å². The molecule has 3 rings (SSSR count). The van der Waals surface area contributed by atoms with Gasteiger partial charge >= 0.3 is 0 Å². The van der Waals surface area contributed by atoms with E-state index in [0.717, 1.165) is 12.0 Å². The highest BCUT2D eigenvalue weighted by Crippen LogP contribution is 2.36. The molecule has 0 radical (unpaired) electrons. The molecule has 2 aliphatic heterocycles. The molecule has 5 heteroatoms. The minimum Gasteiger partial charge on any atom is -0.493 e. The summed E-state index contributed by atoms with van der Waals surface area (Å²) in [6, 6.07) is 3.81. The van der Waals surface area contributed by atoms with Gasteiger partial charge in [-0.15, -0.1) is 0 Å². The third kappa shape index (κ3) is 2.77. The van der Waals surface area contributed by atoms with Crippen LogP contribution < -0.4 is 9.47 Å². The lowest BCUT2D eigenvalue weighted by atomic mass is 10.0. The predicted molar refractivity (Wildman–Crippen MR) is 82.5 cm³/mol. The highest BCUT2D eigenvalue weighted by molar-refractivity contribution is 6.00. The maximum absolute atomic E-state index is 13.0. The third-order valence-corrected chi connectivity index (χ3v) is 4.15. The number of carbonyl (C=O) groups is 1. The molecule has 0 unspecified atom stereocenters. The molecular formula is C17H23NO4. The van der Waals surface area contributed by atoms with E-state index in [2.05, 4.69) is 0 Å². The number of aliphatic hydroxyl groups is 1. The van der Waals surface area contributed by atoms with Crippen molar-refractivity contribution in [1.29, 1.82) is 0 Å². The van der Waals surface area contributed by atoms with Crippen molar-refractivity contribution in [3.05, 3.63) is 23.3 Å². The van der Waals surface area contributed by atoms with Crippen LogP contribution in [0.25, 0.3) is 0 Å². The molecule has 1 saturated heterocycles. The minimum absolute atomic E-state index is 0.0240. The molecule has 0 saturated carbocycles. The van der Waals surface area contributed by atoms with Gasteiger partial charge in [-0.05, 0) is 44.9 Å². The van der Waals surface area contributed by atoms with E-state index in [9.17, 15) is 9.90 Å². The van der Waals surface area contributed by atoms with Crippen molar-refractivity contribution < 1.29 is 19.4 Å². The average molecular weight is 305 g/mol. The van der Waals surface area contributed by atoms with Gasteiger partial charge in [-0.3, -0.25) is 4.79 Å². The summed E-state index contributed by atoms with van der Waals surface area (Å²) in [5, 5.41) is 9.90. The molecule has 2 heterocycles. The molecule has 0 aromatic heterocycles. The molecular weight excluding hydrogens is 282 g/mol.